The van der Waals surface area contributed by atoms with Crippen LogP contribution in [-0.2, 0) is 0 Å². The fraction of sp³-hybridized carbons (Fsp3) is 0.625. The summed E-state index contributed by atoms with van der Waals surface area (Å²) < 4.78 is 0. The first-order valence-electron chi connectivity index (χ1n) is 7.16. The maximum atomic E-state index is 6.20. The van der Waals surface area contributed by atoms with Gasteiger partial charge in [0, 0.05) is 6.04 Å². The van der Waals surface area contributed by atoms with Crippen LogP contribution in [0.15, 0.2) is 24.3 Å². The second kappa shape index (κ2) is 6.47. The van der Waals surface area contributed by atoms with Crippen LogP contribution in [0.3, 0.4) is 0 Å². The van der Waals surface area contributed by atoms with Crippen molar-refractivity contribution in [1.82, 2.24) is 0 Å². The minimum atomic E-state index is 0.599. The Balaban J connectivity index is 1.91. The highest BCUT2D eigenvalue weighted by atomic mass is 35.5. The number of hydrogen-bond donors (Lipinski definition) is 1. The maximum Gasteiger partial charge on any atom is 0.0637 e. The Bertz CT molecular complexity index is 375. The SMILES string of the molecule is CC(C)CC1CCCC(Nc2ccccc2Cl)C1. The first kappa shape index (κ1) is 13.7. The van der Waals surface area contributed by atoms with Gasteiger partial charge in [0.15, 0.2) is 0 Å². The lowest BCUT2D eigenvalue weighted by atomic mass is 9.81. The number of para-hydroxylation sites is 1. The van der Waals surface area contributed by atoms with Crippen molar-refractivity contribution in [2.24, 2.45) is 11.8 Å². The number of hydrogen-bond acceptors (Lipinski definition) is 1. The van der Waals surface area contributed by atoms with Gasteiger partial charge in [0.05, 0.1) is 10.7 Å². The van der Waals surface area contributed by atoms with E-state index in [9.17, 15) is 0 Å². The van der Waals surface area contributed by atoms with Gasteiger partial charge in [-0.2, -0.15) is 0 Å². The molecule has 1 aliphatic carbocycles. The standard InChI is InChI=1S/C16H24ClN/c1-12(2)10-13-6-5-7-14(11-13)18-16-9-4-3-8-15(16)17/h3-4,8-9,12-14,18H,5-7,10-11H2,1-2H3. The largest absolute Gasteiger partial charge is 0.381 e. The minimum Gasteiger partial charge on any atom is -0.381 e. The zero-order chi connectivity index (χ0) is 13.0. The van der Waals surface area contributed by atoms with E-state index in [2.05, 4.69) is 25.2 Å². The Labute approximate surface area is 116 Å². The molecule has 1 N–H and O–H groups in total. The topological polar surface area (TPSA) is 12.0 Å². The molecule has 0 amide bonds. The predicted octanol–water partition coefficient (Wildman–Crippen LogP) is 5.36. The molecular weight excluding hydrogens is 242 g/mol. The highest BCUT2D eigenvalue weighted by Gasteiger charge is 2.22. The summed E-state index contributed by atoms with van der Waals surface area (Å²) in [6.07, 6.45) is 6.68. The molecule has 18 heavy (non-hydrogen) atoms. The third-order valence-electron chi connectivity index (χ3n) is 3.82. The van der Waals surface area contributed by atoms with E-state index < -0.39 is 0 Å². The fourth-order valence-electron chi connectivity index (χ4n) is 3.10. The van der Waals surface area contributed by atoms with E-state index in [4.69, 9.17) is 11.6 Å². The molecule has 2 rings (SSSR count). The van der Waals surface area contributed by atoms with E-state index in [1.807, 2.05) is 18.2 Å². The molecule has 0 radical (unpaired) electrons. The van der Waals surface area contributed by atoms with Gasteiger partial charge in [-0.25, -0.2) is 0 Å². The van der Waals surface area contributed by atoms with E-state index in [1.165, 1.54) is 32.1 Å². The fourth-order valence-corrected chi connectivity index (χ4v) is 3.29. The molecule has 0 bridgehead atoms. The number of rotatable bonds is 4. The molecule has 1 nitrogen and oxygen atoms in total. The minimum absolute atomic E-state index is 0.599. The number of halogens is 1. The van der Waals surface area contributed by atoms with Crippen molar-refractivity contribution in [3.63, 3.8) is 0 Å². The van der Waals surface area contributed by atoms with Crippen LogP contribution in [0.2, 0.25) is 5.02 Å². The molecule has 0 saturated heterocycles. The van der Waals surface area contributed by atoms with E-state index in [0.717, 1.165) is 22.5 Å². The van der Waals surface area contributed by atoms with Crippen molar-refractivity contribution in [3.8, 4) is 0 Å². The van der Waals surface area contributed by atoms with Crippen LogP contribution >= 0.6 is 11.6 Å². The predicted molar refractivity (Wildman–Crippen MR) is 80.3 cm³/mol. The first-order valence-corrected chi connectivity index (χ1v) is 7.54. The molecule has 2 heteroatoms. The Morgan fingerprint density at radius 1 is 1.28 bits per heavy atom. The normalized spacial score (nSPS) is 24.2. The van der Waals surface area contributed by atoms with E-state index in [0.29, 0.717) is 6.04 Å². The number of nitrogens with one attached hydrogen (secondary N) is 1. The monoisotopic (exact) mass is 265 g/mol. The second-order valence-electron chi connectivity index (χ2n) is 5.98. The lowest BCUT2D eigenvalue weighted by molar-refractivity contribution is 0.289. The molecule has 0 heterocycles. The summed E-state index contributed by atoms with van der Waals surface area (Å²) in [6.45, 7) is 4.65. The summed E-state index contributed by atoms with van der Waals surface area (Å²) in [4.78, 5) is 0. The zero-order valence-corrected chi connectivity index (χ0v) is 12.2. The average Bonchev–Trinajstić information content (AvgIpc) is 2.32. The molecule has 1 fully saturated rings. The molecule has 1 aromatic rings. The van der Waals surface area contributed by atoms with Gasteiger partial charge >= 0.3 is 0 Å². The Hall–Kier alpha value is -0.690. The molecule has 1 aliphatic rings. The van der Waals surface area contributed by atoms with Crippen LogP contribution in [0.25, 0.3) is 0 Å². The summed E-state index contributed by atoms with van der Waals surface area (Å²) >= 11 is 6.20. The van der Waals surface area contributed by atoms with Crippen LogP contribution in [0, 0.1) is 11.8 Å². The van der Waals surface area contributed by atoms with Gasteiger partial charge in [0.25, 0.3) is 0 Å². The molecule has 2 unspecified atom stereocenters. The Morgan fingerprint density at radius 2 is 2.06 bits per heavy atom. The highest BCUT2D eigenvalue weighted by molar-refractivity contribution is 6.33. The summed E-state index contributed by atoms with van der Waals surface area (Å²) in [5.74, 6) is 1.70. The van der Waals surface area contributed by atoms with Crippen LogP contribution < -0.4 is 5.32 Å². The highest BCUT2D eigenvalue weighted by Crippen LogP contribution is 2.32. The summed E-state index contributed by atoms with van der Waals surface area (Å²) in [5.41, 5.74) is 1.09. The molecule has 0 spiro atoms. The average molecular weight is 266 g/mol. The van der Waals surface area contributed by atoms with E-state index >= 15 is 0 Å². The second-order valence-corrected chi connectivity index (χ2v) is 6.39. The summed E-state index contributed by atoms with van der Waals surface area (Å²) in [5, 5.41) is 4.46. The summed E-state index contributed by atoms with van der Waals surface area (Å²) in [7, 11) is 0. The van der Waals surface area contributed by atoms with Crippen molar-refractivity contribution >= 4 is 17.3 Å². The lowest BCUT2D eigenvalue weighted by Gasteiger charge is -2.31. The van der Waals surface area contributed by atoms with Crippen molar-refractivity contribution in [2.45, 2.75) is 52.0 Å². The van der Waals surface area contributed by atoms with Crippen LogP contribution in [0.5, 0.6) is 0 Å². The Kier molecular flexibility index (Phi) is 4.94. The first-order chi connectivity index (χ1) is 8.65. The molecule has 100 valence electrons. The van der Waals surface area contributed by atoms with Crippen molar-refractivity contribution in [1.29, 1.82) is 0 Å². The maximum absolute atomic E-state index is 6.20. The van der Waals surface area contributed by atoms with Crippen molar-refractivity contribution < 1.29 is 0 Å². The van der Waals surface area contributed by atoms with Crippen LogP contribution in [0.1, 0.15) is 46.0 Å². The van der Waals surface area contributed by atoms with Crippen LogP contribution in [0.4, 0.5) is 5.69 Å². The smallest absolute Gasteiger partial charge is 0.0637 e. The molecule has 2 atom stereocenters. The van der Waals surface area contributed by atoms with Gasteiger partial charge in [0.2, 0.25) is 0 Å². The van der Waals surface area contributed by atoms with Gasteiger partial charge in [-0.05, 0) is 43.2 Å². The van der Waals surface area contributed by atoms with E-state index in [-0.39, 0.29) is 0 Å². The zero-order valence-electron chi connectivity index (χ0n) is 11.5. The van der Waals surface area contributed by atoms with Crippen molar-refractivity contribution in [2.75, 3.05) is 5.32 Å². The third kappa shape index (κ3) is 3.91. The molecular formula is C16H24ClN. The number of anilines is 1. The molecule has 0 aliphatic heterocycles. The molecule has 1 saturated carbocycles. The van der Waals surface area contributed by atoms with Gasteiger partial charge in [-0.1, -0.05) is 50.4 Å². The van der Waals surface area contributed by atoms with Crippen molar-refractivity contribution in [3.05, 3.63) is 29.3 Å². The van der Waals surface area contributed by atoms with E-state index in [1.54, 1.807) is 0 Å². The molecule has 1 aromatic carbocycles. The van der Waals surface area contributed by atoms with Gasteiger partial charge in [0.1, 0.15) is 0 Å². The Morgan fingerprint density at radius 3 is 2.78 bits per heavy atom. The third-order valence-corrected chi connectivity index (χ3v) is 4.15. The number of benzene rings is 1. The van der Waals surface area contributed by atoms with Gasteiger partial charge in [-0.15, -0.1) is 0 Å². The quantitative estimate of drug-likeness (QED) is 0.773. The lowest BCUT2D eigenvalue weighted by Crippen LogP contribution is -2.28. The van der Waals surface area contributed by atoms with Gasteiger partial charge < -0.3 is 5.32 Å². The summed E-state index contributed by atoms with van der Waals surface area (Å²) in [6, 6.07) is 8.66. The van der Waals surface area contributed by atoms with Crippen LogP contribution in [-0.4, -0.2) is 6.04 Å². The van der Waals surface area contributed by atoms with Gasteiger partial charge in [-0.3, -0.25) is 0 Å². The molecule has 0 aromatic heterocycles.